The summed E-state index contributed by atoms with van der Waals surface area (Å²) in [6.07, 6.45) is 6.15. The van der Waals surface area contributed by atoms with Crippen molar-refractivity contribution in [1.82, 2.24) is 20.4 Å². The van der Waals surface area contributed by atoms with Crippen LogP contribution >= 0.6 is 24.2 Å². The molecule has 2 unspecified atom stereocenters. The first-order valence-electron chi connectivity index (χ1n) is 10.5. The molecule has 2 N–H and O–H groups in total. The standard InChI is InChI=1S/C20H36N4O3S.ClH/c1-14(2)13-16(21-18(26)15-9-7-5-6-8-10-15)17(25)19-22-23-20(27-19)28-12-11-24(3)4;/h14-17,25H,5-13H2,1-4H3,(H,21,26);1H. The first kappa shape index (κ1) is 26.2. The molecule has 1 heterocycles. The molecule has 0 spiro atoms. The Hall–Kier alpha value is -0.830. The van der Waals surface area contributed by atoms with E-state index in [1.54, 1.807) is 0 Å². The highest BCUT2D eigenvalue weighted by Crippen LogP contribution is 2.27. The van der Waals surface area contributed by atoms with E-state index < -0.39 is 12.1 Å². The van der Waals surface area contributed by atoms with E-state index in [0.29, 0.717) is 17.6 Å². The number of aliphatic hydroxyl groups excluding tert-OH is 1. The molecule has 1 aromatic rings. The van der Waals surface area contributed by atoms with Crippen LogP contribution in [-0.4, -0.2) is 58.5 Å². The van der Waals surface area contributed by atoms with Gasteiger partial charge >= 0.3 is 0 Å². The minimum Gasteiger partial charge on any atom is -0.413 e. The molecule has 1 aliphatic carbocycles. The first-order chi connectivity index (χ1) is 13.4. The summed E-state index contributed by atoms with van der Waals surface area (Å²) >= 11 is 1.47. The van der Waals surface area contributed by atoms with E-state index in [0.717, 1.165) is 38.0 Å². The maximum Gasteiger partial charge on any atom is 0.276 e. The van der Waals surface area contributed by atoms with Gasteiger partial charge in [-0.15, -0.1) is 22.6 Å². The Balaban J connectivity index is 0.00000420. The van der Waals surface area contributed by atoms with Gasteiger partial charge in [-0.3, -0.25) is 4.79 Å². The van der Waals surface area contributed by atoms with Crippen LogP contribution in [0.2, 0.25) is 0 Å². The molecule has 0 saturated heterocycles. The number of amides is 1. The smallest absolute Gasteiger partial charge is 0.276 e. The Morgan fingerprint density at radius 1 is 1.24 bits per heavy atom. The minimum absolute atomic E-state index is 0. The van der Waals surface area contributed by atoms with Crippen LogP contribution in [0.5, 0.6) is 0 Å². The molecule has 0 bridgehead atoms. The van der Waals surface area contributed by atoms with Gasteiger partial charge < -0.3 is 19.7 Å². The summed E-state index contributed by atoms with van der Waals surface area (Å²) < 4.78 is 5.66. The number of carbonyl (C=O) groups is 1. The van der Waals surface area contributed by atoms with Gasteiger partial charge in [-0.2, -0.15) is 0 Å². The lowest BCUT2D eigenvalue weighted by Crippen LogP contribution is -2.43. The molecule has 1 amide bonds. The summed E-state index contributed by atoms with van der Waals surface area (Å²) in [4.78, 5) is 14.9. The van der Waals surface area contributed by atoms with Crippen LogP contribution in [0.3, 0.4) is 0 Å². The summed E-state index contributed by atoms with van der Waals surface area (Å²) in [6.45, 7) is 5.06. The summed E-state index contributed by atoms with van der Waals surface area (Å²) in [5.41, 5.74) is 0. The molecule has 1 aromatic heterocycles. The fourth-order valence-corrected chi connectivity index (χ4v) is 4.38. The third kappa shape index (κ3) is 9.24. The number of nitrogens with one attached hydrogen (secondary N) is 1. The SMILES string of the molecule is CC(C)CC(NC(=O)C1CCCCCC1)C(O)c1nnc(SCCN(C)C)o1.Cl. The Labute approximate surface area is 185 Å². The maximum atomic E-state index is 12.8. The van der Waals surface area contributed by atoms with E-state index in [9.17, 15) is 9.90 Å². The van der Waals surface area contributed by atoms with Crippen molar-refractivity contribution in [2.75, 3.05) is 26.4 Å². The van der Waals surface area contributed by atoms with Crippen LogP contribution in [-0.2, 0) is 4.79 Å². The molecule has 1 fully saturated rings. The largest absolute Gasteiger partial charge is 0.413 e. The van der Waals surface area contributed by atoms with Gasteiger partial charge in [0.25, 0.3) is 5.22 Å². The van der Waals surface area contributed by atoms with Crippen molar-refractivity contribution >= 4 is 30.1 Å². The minimum atomic E-state index is -0.993. The Bertz CT molecular complexity index is 592. The van der Waals surface area contributed by atoms with Gasteiger partial charge in [0, 0.05) is 18.2 Å². The molecule has 0 radical (unpaired) electrons. The fourth-order valence-electron chi connectivity index (χ4n) is 3.50. The second kappa shape index (κ2) is 13.5. The first-order valence-corrected chi connectivity index (χ1v) is 11.4. The zero-order valence-corrected chi connectivity index (χ0v) is 19.7. The molecule has 1 aliphatic rings. The quantitative estimate of drug-likeness (QED) is 0.416. The van der Waals surface area contributed by atoms with Gasteiger partial charge in [0.2, 0.25) is 11.8 Å². The van der Waals surface area contributed by atoms with E-state index in [2.05, 4.69) is 34.3 Å². The molecule has 9 heteroatoms. The lowest BCUT2D eigenvalue weighted by atomic mass is 9.95. The van der Waals surface area contributed by atoms with Crippen molar-refractivity contribution in [3.63, 3.8) is 0 Å². The molecule has 0 aromatic carbocycles. The summed E-state index contributed by atoms with van der Waals surface area (Å²) in [7, 11) is 4.02. The van der Waals surface area contributed by atoms with Gasteiger partial charge in [-0.1, -0.05) is 51.3 Å². The van der Waals surface area contributed by atoms with Crippen LogP contribution in [0, 0.1) is 11.8 Å². The van der Waals surface area contributed by atoms with Crippen LogP contribution in [0.4, 0.5) is 0 Å². The molecule has 0 aliphatic heterocycles. The number of aliphatic hydroxyl groups is 1. The van der Waals surface area contributed by atoms with Gasteiger partial charge in [0.1, 0.15) is 0 Å². The van der Waals surface area contributed by atoms with Crippen LogP contribution in [0.25, 0.3) is 0 Å². The monoisotopic (exact) mass is 448 g/mol. The van der Waals surface area contributed by atoms with Crippen LogP contribution < -0.4 is 5.32 Å². The van der Waals surface area contributed by atoms with E-state index in [4.69, 9.17) is 4.42 Å². The Morgan fingerprint density at radius 2 is 1.90 bits per heavy atom. The predicted octanol–water partition coefficient (Wildman–Crippen LogP) is 3.68. The summed E-state index contributed by atoms with van der Waals surface area (Å²) in [6, 6.07) is -0.421. The number of thioether (sulfide) groups is 1. The molecule has 29 heavy (non-hydrogen) atoms. The van der Waals surface area contributed by atoms with Gasteiger partial charge in [-0.05, 0) is 39.3 Å². The maximum absolute atomic E-state index is 12.8. The number of halogens is 1. The van der Waals surface area contributed by atoms with Gasteiger partial charge in [0.05, 0.1) is 6.04 Å². The number of aromatic nitrogens is 2. The average Bonchev–Trinajstić information content (AvgIpc) is 2.92. The molecule has 2 atom stereocenters. The van der Waals surface area contributed by atoms with Crippen molar-refractivity contribution in [2.45, 2.75) is 76.2 Å². The Kier molecular flexibility index (Phi) is 12.2. The third-order valence-corrected chi connectivity index (χ3v) is 5.90. The summed E-state index contributed by atoms with van der Waals surface area (Å²) in [5.74, 6) is 1.43. The van der Waals surface area contributed by atoms with Crippen molar-refractivity contribution in [1.29, 1.82) is 0 Å². The molecule has 7 nitrogen and oxygen atoms in total. The molecule has 2 rings (SSSR count). The van der Waals surface area contributed by atoms with E-state index in [1.807, 2.05) is 14.1 Å². The number of nitrogens with zero attached hydrogens (tertiary/aromatic N) is 3. The number of carbonyl (C=O) groups excluding carboxylic acids is 1. The van der Waals surface area contributed by atoms with Gasteiger partial charge in [0.15, 0.2) is 6.10 Å². The lowest BCUT2D eigenvalue weighted by Gasteiger charge is -2.26. The highest BCUT2D eigenvalue weighted by Gasteiger charge is 2.30. The molecular weight excluding hydrogens is 412 g/mol. The molecule has 1 saturated carbocycles. The predicted molar refractivity (Wildman–Crippen MR) is 118 cm³/mol. The zero-order chi connectivity index (χ0) is 20.5. The number of hydrogen-bond acceptors (Lipinski definition) is 7. The summed E-state index contributed by atoms with van der Waals surface area (Å²) in [5, 5.41) is 22.4. The number of hydrogen-bond donors (Lipinski definition) is 2. The lowest BCUT2D eigenvalue weighted by molar-refractivity contribution is -0.127. The van der Waals surface area contributed by atoms with Crippen molar-refractivity contribution in [3.8, 4) is 0 Å². The normalized spacial score (nSPS) is 17.6. The number of rotatable bonds is 10. The highest BCUT2D eigenvalue weighted by molar-refractivity contribution is 7.99. The van der Waals surface area contributed by atoms with Crippen LogP contribution in [0.15, 0.2) is 9.64 Å². The highest BCUT2D eigenvalue weighted by atomic mass is 35.5. The fraction of sp³-hybridized carbons (Fsp3) is 0.850. The van der Waals surface area contributed by atoms with E-state index in [1.165, 1.54) is 24.6 Å². The van der Waals surface area contributed by atoms with Crippen molar-refractivity contribution in [2.24, 2.45) is 11.8 Å². The Morgan fingerprint density at radius 3 is 2.48 bits per heavy atom. The van der Waals surface area contributed by atoms with Crippen molar-refractivity contribution < 1.29 is 14.3 Å². The van der Waals surface area contributed by atoms with Crippen molar-refractivity contribution in [3.05, 3.63) is 5.89 Å². The topological polar surface area (TPSA) is 91.5 Å². The van der Waals surface area contributed by atoms with E-state index in [-0.39, 0.29) is 30.1 Å². The van der Waals surface area contributed by atoms with E-state index >= 15 is 0 Å². The third-order valence-electron chi connectivity index (χ3n) is 5.10. The average molecular weight is 449 g/mol. The molecule has 168 valence electrons. The molecular formula is C20H37ClN4O3S. The van der Waals surface area contributed by atoms with Crippen LogP contribution in [0.1, 0.15) is 70.8 Å². The van der Waals surface area contributed by atoms with Gasteiger partial charge in [-0.25, -0.2) is 0 Å². The second-order valence-electron chi connectivity index (χ2n) is 8.44. The second-order valence-corrected chi connectivity index (χ2v) is 9.48. The zero-order valence-electron chi connectivity index (χ0n) is 18.1.